The van der Waals surface area contributed by atoms with E-state index in [1.54, 1.807) is 55.6 Å². The quantitative estimate of drug-likeness (QED) is 0.941. The Labute approximate surface area is 124 Å². The highest BCUT2D eigenvalue weighted by Crippen LogP contribution is 2.23. The lowest BCUT2D eigenvalue weighted by Crippen LogP contribution is -2.26. The Balaban J connectivity index is 2.39. The molecule has 1 N–H and O–H groups in total. The molecule has 0 atom stereocenters. The van der Waals surface area contributed by atoms with Gasteiger partial charge < -0.3 is 5.32 Å². The van der Waals surface area contributed by atoms with E-state index in [2.05, 4.69) is 5.32 Å². The first-order valence-corrected chi connectivity index (χ1v) is 7.70. The summed E-state index contributed by atoms with van der Waals surface area (Å²) in [6.07, 6.45) is 0. The zero-order valence-corrected chi connectivity index (χ0v) is 12.6. The zero-order chi connectivity index (χ0) is 15.5. The standard InChI is InChI=1S/C15H15N3O2S/c1-17-13-6-8-15(9-7-13)21(19,20)18(2)14-5-3-4-12(10-14)11-16/h3-10,17H,1-2H3. The molecule has 0 bridgehead atoms. The third-order valence-electron chi connectivity index (χ3n) is 3.14. The number of hydrogen-bond acceptors (Lipinski definition) is 4. The minimum Gasteiger partial charge on any atom is -0.388 e. The van der Waals surface area contributed by atoms with E-state index >= 15 is 0 Å². The molecule has 0 saturated carbocycles. The highest BCUT2D eigenvalue weighted by Gasteiger charge is 2.21. The fraction of sp³-hybridized carbons (Fsp3) is 0.133. The van der Waals surface area contributed by atoms with Crippen LogP contribution in [0.5, 0.6) is 0 Å². The third kappa shape index (κ3) is 2.98. The van der Waals surface area contributed by atoms with Crippen LogP contribution in [0.3, 0.4) is 0 Å². The molecule has 6 heteroatoms. The summed E-state index contributed by atoms with van der Waals surface area (Å²) in [5.74, 6) is 0. The number of benzene rings is 2. The van der Waals surface area contributed by atoms with E-state index in [9.17, 15) is 8.42 Å². The van der Waals surface area contributed by atoms with Crippen molar-refractivity contribution < 1.29 is 8.42 Å². The maximum Gasteiger partial charge on any atom is 0.264 e. The summed E-state index contributed by atoms with van der Waals surface area (Å²) in [5, 5.41) is 11.8. The predicted molar refractivity (Wildman–Crippen MR) is 82.7 cm³/mol. The van der Waals surface area contributed by atoms with E-state index in [1.165, 1.54) is 11.4 Å². The first-order chi connectivity index (χ1) is 9.98. The van der Waals surface area contributed by atoms with Crippen LogP contribution >= 0.6 is 0 Å². The molecule has 0 saturated heterocycles. The minimum atomic E-state index is -3.65. The summed E-state index contributed by atoms with van der Waals surface area (Å²) in [6.45, 7) is 0. The number of hydrogen-bond donors (Lipinski definition) is 1. The molecule has 21 heavy (non-hydrogen) atoms. The number of anilines is 2. The number of nitrogens with zero attached hydrogens (tertiary/aromatic N) is 2. The second kappa shape index (κ2) is 5.85. The summed E-state index contributed by atoms with van der Waals surface area (Å²) in [4.78, 5) is 0.200. The van der Waals surface area contributed by atoms with Crippen LogP contribution in [-0.4, -0.2) is 22.5 Å². The van der Waals surface area contributed by atoms with Gasteiger partial charge in [-0.15, -0.1) is 0 Å². The maximum absolute atomic E-state index is 12.6. The number of rotatable bonds is 4. The predicted octanol–water partition coefficient (Wildman–Crippen LogP) is 2.43. The van der Waals surface area contributed by atoms with Crippen LogP contribution in [0.1, 0.15) is 5.56 Å². The maximum atomic E-state index is 12.6. The zero-order valence-electron chi connectivity index (χ0n) is 11.7. The number of nitriles is 1. The Morgan fingerprint density at radius 2 is 1.81 bits per heavy atom. The smallest absolute Gasteiger partial charge is 0.264 e. The Kier molecular flexibility index (Phi) is 4.15. The molecule has 2 rings (SSSR count). The average molecular weight is 301 g/mol. The van der Waals surface area contributed by atoms with Crippen molar-refractivity contribution in [3.63, 3.8) is 0 Å². The van der Waals surface area contributed by atoms with Gasteiger partial charge in [0, 0.05) is 19.8 Å². The van der Waals surface area contributed by atoms with Gasteiger partial charge >= 0.3 is 0 Å². The molecule has 108 valence electrons. The summed E-state index contributed by atoms with van der Waals surface area (Å²) in [7, 11) is -0.409. The summed E-state index contributed by atoms with van der Waals surface area (Å²) in [5.41, 5.74) is 1.70. The minimum absolute atomic E-state index is 0.200. The monoisotopic (exact) mass is 301 g/mol. The second-order valence-electron chi connectivity index (χ2n) is 4.41. The van der Waals surface area contributed by atoms with Gasteiger partial charge in [-0.25, -0.2) is 8.42 Å². The van der Waals surface area contributed by atoms with Crippen LogP contribution in [0, 0.1) is 11.3 Å². The summed E-state index contributed by atoms with van der Waals surface area (Å²) >= 11 is 0. The first kappa shape index (κ1) is 14.9. The fourth-order valence-corrected chi connectivity index (χ4v) is 3.05. The third-order valence-corrected chi connectivity index (χ3v) is 4.94. The lowest BCUT2D eigenvalue weighted by Gasteiger charge is -2.19. The molecule has 0 heterocycles. The van der Waals surface area contributed by atoms with Crippen LogP contribution in [0.15, 0.2) is 53.4 Å². The SMILES string of the molecule is CNc1ccc(S(=O)(=O)N(C)c2cccc(C#N)c2)cc1. The second-order valence-corrected chi connectivity index (χ2v) is 6.38. The van der Waals surface area contributed by atoms with E-state index in [-0.39, 0.29) is 4.90 Å². The van der Waals surface area contributed by atoms with E-state index < -0.39 is 10.0 Å². The lowest BCUT2D eigenvalue weighted by molar-refractivity contribution is 0.594. The van der Waals surface area contributed by atoms with Crippen LogP contribution in [0.25, 0.3) is 0 Å². The molecule has 0 aliphatic rings. The van der Waals surface area contributed by atoms with Crippen molar-refractivity contribution in [3.05, 3.63) is 54.1 Å². The molecule has 5 nitrogen and oxygen atoms in total. The van der Waals surface area contributed by atoms with Gasteiger partial charge in [-0.05, 0) is 42.5 Å². The molecule has 0 aliphatic heterocycles. The average Bonchev–Trinajstić information content (AvgIpc) is 2.54. The van der Waals surface area contributed by atoms with E-state index in [1.807, 2.05) is 6.07 Å². The van der Waals surface area contributed by atoms with E-state index in [0.29, 0.717) is 11.3 Å². The normalized spacial score (nSPS) is 10.7. The van der Waals surface area contributed by atoms with Crippen LogP contribution in [0.4, 0.5) is 11.4 Å². The molecule has 0 fully saturated rings. The van der Waals surface area contributed by atoms with Crippen molar-refractivity contribution in [1.82, 2.24) is 0 Å². The van der Waals surface area contributed by atoms with Crippen LogP contribution in [0.2, 0.25) is 0 Å². The largest absolute Gasteiger partial charge is 0.388 e. The Hall–Kier alpha value is -2.52. The van der Waals surface area contributed by atoms with Crippen molar-refractivity contribution >= 4 is 21.4 Å². The highest BCUT2D eigenvalue weighted by atomic mass is 32.2. The molecule has 2 aromatic rings. The molecule has 0 aromatic heterocycles. The lowest BCUT2D eigenvalue weighted by atomic mass is 10.2. The number of nitrogens with one attached hydrogen (secondary N) is 1. The highest BCUT2D eigenvalue weighted by molar-refractivity contribution is 7.92. The molecule has 0 aliphatic carbocycles. The summed E-state index contributed by atoms with van der Waals surface area (Å²) < 4.78 is 26.3. The van der Waals surface area contributed by atoms with Gasteiger partial charge in [0.05, 0.1) is 22.2 Å². The van der Waals surface area contributed by atoms with Gasteiger partial charge in [0.25, 0.3) is 10.0 Å². The van der Waals surface area contributed by atoms with Crippen molar-refractivity contribution in [2.24, 2.45) is 0 Å². The Bertz CT molecular complexity index is 777. The van der Waals surface area contributed by atoms with Crippen molar-refractivity contribution in [2.45, 2.75) is 4.90 Å². The van der Waals surface area contributed by atoms with Gasteiger partial charge in [-0.1, -0.05) is 6.07 Å². The van der Waals surface area contributed by atoms with Crippen molar-refractivity contribution in [1.29, 1.82) is 5.26 Å². The molecular weight excluding hydrogens is 286 g/mol. The van der Waals surface area contributed by atoms with Gasteiger partial charge in [0.1, 0.15) is 0 Å². The molecule has 0 radical (unpaired) electrons. The first-order valence-electron chi connectivity index (χ1n) is 6.26. The van der Waals surface area contributed by atoms with E-state index in [0.717, 1.165) is 5.69 Å². The van der Waals surface area contributed by atoms with Gasteiger partial charge in [-0.3, -0.25) is 4.31 Å². The molecule has 0 spiro atoms. The Morgan fingerprint density at radius 1 is 1.14 bits per heavy atom. The molecule has 2 aromatic carbocycles. The molecular formula is C15H15N3O2S. The van der Waals surface area contributed by atoms with Gasteiger partial charge in [0.2, 0.25) is 0 Å². The van der Waals surface area contributed by atoms with Gasteiger partial charge in [-0.2, -0.15) is 5.26 Å². The number of sulfonamides is 1. The van der Waals surface area contributed by atoms with Crippen molar-refractivity contribution in [2.75, 3.05) is 23.7 Å². The summed E-state index contributed by atoms with van der Waals surface area (Å²) in [6, 6.07) is 15.0. The fourth-order valence-electron chi connectivity index (χ4n) is 1.86. The molecule has 0 amide bonds. The van der Waals surface area contributed by atoms with Crippen LogP contribution < -0.4 is 9.62 Å². The topological polar surface area (TPSA) is 73.2 Å². The van der Waals surface area contributed by atoms with Crippen LogP contribution in [-0.2, 0) is 10.0 Å². The van der Waals surface area contributed by atoms with E-state index in [4.69, 9.17) is 5.26 Å². The Morgan fingerprint density at radius 3 is 2.38 bits per heavy atom. The van der Waals surface area contributed by atoms with Crippen molar-refractivity contribution in [3.8, 4) is 6.07 Å². The molecule has 0 unspecified atom stereocenters. The van der Waals surface area contributed by atoms with Gasteiger partial charge in [0.15, 0.2) is 0 Å².